The van der Waals surface area contributed by atoms with Crippen molar-refractivity contribution in [2.24, 2.45) is 7.05 Å². The van der Waals surface area contributed by atoms with Crippen molar-refractivity contribution in [2.75, 3.05) is 26.3 Å². The topological polar surface area (TPSA) is 59.0 Å². The third-order valence-electron chi connectivity index (χ3n) is 6.39. The van der Waals surface area contributed by atoms with Gasteiger partial charge in [0.15, 0.2) is 0 Å². The number of aromatic amines is 1. The molecule has 156 valence electrons. The van der Waals surface area contributed by atoms with Gasteiger partial charge < -0.3 is 9.72 Å². The zero-order chi connectivity index (χ0) is 20.2. The van der Waals surface area contributed by atoms with Gasteiger partial charge in [-0.05, 0) is 56.7 Å². The smallest absolute Gasteiger partial charge is 0.137 e. The molecule has 1 N–H and O–H groups in total. The molecule has 0 unspecified atom stereocenters. The second kappa shape index (κ2) is 9.09. The lowest BCUT2D eigenvalue weighted by Gasteiger charge is -2.36. The first kappa shape index (κ1) is 20.1. The maximum absolute atomic E-state index is 5.57. The highest BCUT2D eigenvalue weighted by Gasteiger charge is 2.26. The highest BCUT2D eigenvalue weighted by molar-refractivity contribution is 5.93. The number of fused-ring (bicyclic) bond motifs is 1. The number of rotatable bonds is 8. The monoisotopic (exact) mass is 395 g/mol. The van der Waals surface area contributed by atoms with Crippen LogP contribution in [-0.2, 0) is 11.8 Å². The zero-order valence-corrected chi connectivity index (χ0v) is 17.9. The van der Waals surface area contributed by atoms with E-state index in [4.69, 9.17) is 9.72 Å². The Morgan fingerprint density at radius 2 is 2.03 bits per heavy atom. The van der Waals surface area contributed by atoms with E-state index in [2.05, 4.69) is 47.3 Å². The van der Waals surface area contributed by atoms with Gasteiger partial charge in [0.05, 0.1) is 12.8 Å². The molecule has 3 heterocycles. The molecule has 1 aliphatic carbocycles. The average Bonchev–Trinajstić information content (AvgIpc) is 3.37. The molecular weight excluding hydrogens is 362 g/mol. The summed E-state index contributed by atoms with van der Waals surface area (Å²) in [5, 5.41) is 5.52. The molecule has 0 aliphatic heterocycles. The Labute approximate surface area is 173 Å². The lowest BCUT2D eigenvalue weighted by atomic mass is 9.81. The molecule has 6 nitrogen and oxygen atoms in total. The largest absolute Gasteiger partial charge is 0.380 e. The van der Waals surface area contributed by atoms with Crippen LogP contribution < -0.4 is 0 Å². The normalized spacial score (nSPS) is 20.0. The summed E-state index contributed by atoms with van der Waals surface area (Å²) >= 11 is 0. The van der Waals surface area contributed by atoms with E-state index in [-0.39, 0.29) is 0 Å². The molecule has 0 bridgehead atoms. The molecule has 0 saturated heterocycles. The summed E-state index contributed by atoms with van der Waals surface area (Å²) in [5.74, 6) is 0.602. The Bertz CT molecular complexity index is 922. The first-order chi connectivity index (χ1) is 14.2. The molecule has 0 aromatic carbocycles. The maximum atomic E-state index is 5.57. The first-order valence-electron chi connectivity index (χ1n) is 11.0. The number of pyridine rings is 1. The summed E-state index contributed by atoms with van der Waals surface area (Å²) in [6, 6.07) is 3.03. The highest BCUT2D eigenvalue weighted by Crippen LogP contribution is 2.37. The molecule has 1 saturated carbocycles. The molecule has 6 heteroatoms. The second-order valence-corrected chi connectivity index (χ2v) is 8.10. The fraction of sp³-hybridized carbons (Fsp3) is 0.565. The Kier molecular flexibility index (Phi) is 6.31. The summed E-state index contributed by atoms with van der Waals surface area (Å²) in [5.41, 5.74) is 4.64. The number of aryl methyl sites for hydroxylation is 1. The van der Waals surface area contributed by atoms with Gasteiger partial charge in [-0.15, -0.1) is 0 Å². The predicted molar refractivity (Wildman–Crippen MR) is 117 cm³/mol. The third-order valence-corrected chi connectivity index (χ3v) is 6.39. The number of likely N-dealkylation sites (N-methyl/N-ethyl adjacent to an activating group) is 1. The predicted octanol–water partition coefficient (Wildman–Crippen LogP) is 4.35. The van der Waals surface area contributed by atoms with E-state index in [0.717, 1.165) is 37.5 Å². The van der Waals surface area contributed by atoms with Crippen molar-refractivity contribution in [1.82, 2.24) is 24.6 Å². The number of H-pyrrole nitrogens is 1. The van der Waals surface area contributed by atoms with Crippen LogP contribution in [0.1, 0.15) is 51.0 Å². The molecular formula is C23H33N5O. The molecule has 0 spiro atoms. The molecule has 1 aliphatic rings. The molecule has 3 aromatic heterocycles. The van der Waals surface area contributed by atoms with E-state index in [9.17, 15) is 0 Å². The molecule has 3 aromatic rings. The Balaban J connectivity index is 1.46. The van der Waals surface area contributed by atoms with Crippen LogP contribution in [0.15, 0.2) is 30.9 Å². The molecule has 0 atom stereocenters. The van der Waals surface area contributed by atoms with Gasteiger partial charge in [0.1, 0.15) is 5.65 Å². The van der Waals surface area contributed by atoms with Crippen LogP contribution in [0.2, 0.25) is 0 Å². The Morgan fingerprint density at radius 3 is 2.72 bits per heavy atom. The van der Waals surface area contributed by atoms with Crippen LogP contribution in [0.25, 0.3) is 22.2 Å². The standard InChI is InChI=1S/C23H33N5O/c1-4-28(10-11-29-5-2)20-8-6-17(7-9-20)18-12-21-22(15-25-23(21)24-13-18)19-14-26-27(3)16-19/h12-17,20H,4-11H2,1-3H3,(H,24,25). The number of hydrogen-bond acceptors (Lipinski definition) is 4. The Hall–Kier alpha value is -2.18. The summed E-state index contributed by atoms with van der Waals surface area (Å²) in [6.07, 6.45) is 13.1. The van der Waals surface area contributed by atoms with Crippen LogP contribution >= 0.6 is 0 Å². The van der Waals surface area contributed by atoms with E-state index < -0.39 is 0 Å². The number of nitrogens with zero attached hydrogens (tertiary/aromatic N) is 4. The zero-order valence-electron chi connectivity index (χ0n) is 17.9. The number of hydrogen-bond donors (Lipinski definition) is 1. The van der Waals surface area contributed by atoms with Crippen LogP contribution in [0.5, 0.6) is 0 Å². The fourth-order valence-electron chi connectivity index (χ4n) is 4.74. The lowest BCUT2D eigenvalue weighted by molar-refractivity contribution is 0.0834. The van der Waals surface area contributed by atoms with E-state index >= 15 is 0 Å². The van der Waals surface area contributed by atoms with Gasteiger partial charge in [0.25, 0.3) is 0 Å². The highest BCUT2D eigenvalue weighted by atomic mass is 16.5. The van der Waals surface area contributed by atoms with Crippen molar-refractivity contribution in [3.05, 3.63) is 36.4 Å². The van der Waals surface area contributed by atoms with Gasteiger partial charge in [-0.2, -0.15) is 5.10 Å². The van der Waals surface area contributed by atoms with Crippen LogP contribution in [0.3, 0.4) is 0 Å². The van der Waals surface area contributed by atoms with Crippen molar-refractivity contribution >= 4 is 11.0 Å². The summed E-state index contributed by atoms with van der Waals surface area (Å²) in [7, 11) is 1.95. The van der Waals surface area contributed by atoms with Gasteiger partial charge in [-0.1, -0.05) is 6.92 Å². The van der Waals surface area contributed by atoms with Gasteiger partial charge in [-0.25, -0.2) is 4.98 Å². The lowest BCUT2D eigenvalue weighted by Crippen LogP contribution is -2.39. The SMILES string of the molecule is CCOCCN(CC)C1CCC(c2cnc3[nH]cc(-c4cnn(C)c4)c3c2)CC1. The molecule has 0 radical (unpaired) electrons. The minimum absolute atomic E-state index is 0.602. The van der Waals surface area contributed by atoms with Crippen molar-refractivity contribution < 1.29 is 4.74 Å². The van der Waals surface area contributed by atoms with Crippen LogP contribution in [0.4, 0.5) is 0 Å². The van der Waals surface area contributed by atoms with E-state index in [1.807, 2.05) is 24.1 Å². The van der Waals surface area contributed by atoms with Gasteiger partial charge in [0, 0.05) is 61.3 Å². The first-order valence-corrected chi connectivity index (χ1v) is 11.0. The second-order valence-electron chi connectivity index (χ2n) is 8.10. The summed E-state index contributed by atoms with van der Waals surface area (Å²) < 4.78 is 7.42. The fourth-order valence-corrected chi connectivity index (χ4v) is 4.74. The van der Waals surface area contributed by atoms with E-state index in [0.29, 0.717) is 12.0 Å². The third kappa shape index (κ3) is 4.38. The quantitative estimate of drug-likeness (QED) is 0.576. The van der Waals surface area contributed by atoms with E-state index in [1.165, 1.54) is 42.2 Å². The van der Waals surface area contributed by atoms with Crippen LogP contribution in [-0.4, -0.2) is 57.0 Å². The minimum atomic E-state index is 0.602. The van der Waals surface area contributed by atoms with Gasteiger partial charge in [-0.3, -0.25) is 9.58 Å². The van der Waals surface area contributed by atoms with Crippen LogP contribution in [0, 0.1) is 0 Å². The van der Waals surface area contributed by atoms with Crippen molar-refractivity contribution in [1.29, 1.82) is 0 Å². The van der Waals surface area contributed by atoms with Gasteiger partial charge >= 0.3 is 0 Å². The summed E-state index contributed by atoms with van der Waals surface area (Å²) in [6.45, 7) is 8.13. The van der Waals surface area contributed by atoms with Crippen molar-refractivity contribution in [3.8, 4) is 11.1 Å². The molecule has 1 fully saturated rings. The number of ether oxygens (including phenoxy) is 1. The van der Waals surface area contributed by atoms with Crippen molar-refractivity contribution in [3.63, 3.8) is 0 Å². The Morgan fingerprint density at radius 1 is 1.21 bits per heavy atom. The van der Waals surface area contributed by atoms with E-state index in [1.54, 1.807) is 0 Å². The van der Waals surface area contributed by atoms with Crippen molar-refractivity contribution in [2.45, 2.75) is 51.5 Å². The maximum Gasteiger partial charge on any atom is 0.137 e. The van der Waals surface area contributed by atoms with Gasteiger partial charge in [0.2, 0.25) is 0 Å². The number of aromatic nitrogens is 4. The summed E-state index contributed by atoms with van der Waals surface area (Å²) in [4.78, 5) is 10.6. The molecule has 29 heavy (non-hydrogen) atoms. The molecule has 0 amide bonds. The minimum Gasteiger partial charge on any atom is -0.380 e. The molecule has 4 rings (SSSR count). The number of nitrogens with one attached hydrogen (secondary N) is 1. The average molecular weight is 396 g/mol.